The van der Waals surface area contributed by atoms with Gasteiger partial charge < -0.3 is 10.4 Å². The van der Waals surface area contributed by atoms with Crippen LogP contribution < -0.4 is 10.7 Å². The zero-order valence-corrected chi connectivity index (χ0v) is 20.4. The predicted molar refractivity (Wildman–Crippen MR) is 135 cm³/mol. The number of nitrogens with one attached hydrogen (secondary N) is 2. The van der Waals surface area contributed by atoms with E-state index in [9.17, 15) is 14.7 Å². The van der Waals surface area contributed by atoms with Crippen molar-refractivity contribution in [1.82, 2.24) is 10.7 Å². The number of carbonyl (C=O) groups is 2. The van der Waals surface area contributed by atoms with Gasteiger partial charge in [-0.3, -0.25) is 9.59 Å². The summed E-state index contributed by atoms with van der Waals surface area (Å²) in [6, 6.07) is 15.8. The molecule has 30 heavy (non-hydrogen) atoms. The highest BCUT2D eigenvalue weighted by atomic mass is 127. The fraction of sp³-hybridized carbons (Fsp3) is 0. The Morgan fingerprint density at radius 3 is 2.37 bits per heavy atom. The first kappa shape index (κ1) is 22.4. The van der Waals surface area contributed by atoms with Gasteiger partial charge in [0.15, 0.2) is 0 Å². The first-order valence-electron chi connectivity index (χ1n) is 8.57. The molecule has 2 amide bonds. The van der Waals surface area contributed by atoms with E-state index in [1.807, 2.05) is 68.8 Å². The quantitative estimate of drug-likeness (QED) is 0.159. The lowest BCUT2D eigenvalue weighted by Gasteiger charge is -2.09. The number of halogens is 2. The predicted octanol–water partition coefficient (Wildman–Crippen LogP) is 4.58. The number of carbonyl (C=O) groups excluding carboxylic acids is 2. The molecule has 0 radical (unpaired) electrons. The molecular weight excluding hydrogens is 628 g/mol. The van der Waals surface area contributed by atoms with Gasteiger partial charge in [-0.25, -0.2) is 5.43 Å². The SMILES string of the molecule is O=C(N/N=C/c1cc(I)c(O)c(I)c1)/C(=C/c1cccs1)NC(=O)c1ccccc1. The Labute approximate surface area is 204 Å². The third kappa shape index (κ3) is 6.12. The first-order valence-corrected chi connectivity index (χ1v) is 11.6. The van der Waals surface area contributed by atoms with Crippen molar-refractivity contribution in [2.45, 2.75) is 0 Å². The Bertz CT molecular complexity index is 1090. The lowest BCUT2D eigenvalue weighted by molar-refractivity contribution is -0.117. The van der Waals surface area contributed by atoms with Crippen LogP contribution in [0.3, 0.4) is 0 Å². The van der Waals surface area contributed by atoms with Crippen LogP contribution in [-0.2, 0) is 4.79 Å². The van der Waals surface area contributed by atoms with Gasteiger partial charge in [-0.1, -0.05) is 24.3 Å². The second kappa shape index (κ2) is 10.7. The van der Waals surface area contributed by atoms with Crippen LogP contribution in [0.4, 0.5) is 0 Å². The van der Waals surface area contributed by atoms with Gasteiger partial charge in [-0.15, -0.1) is 11.3 Å². The minimum atomic E-state index is -0.549. The van der Waals surface area contributed by atoms with Gasteiger partial charge in [0.1, 0.15) is 11.4 Å². The Morgan fingerprint density at radius 2 is 1.73 bits per heavy atom. The maximum atomic E-state index is 12.7. The minimum Gasteiger partial charge on any atom is -0.506 e. The number of benzene rings is 2. The second-order valence-electron chi connectivity index (χ2n) is 5.93. The van der Waals surface area contributed by atoms with E-state index in [4.69, 9.17) is 0 Å². The maximum Gasteiger partial charge on any atom is 0.287 e. The molecule has 6 nitrogen and oxygen atoms in total. The Kier molecular flexibility index (Phi) is 7.99. The molecule has 0 aliphatic rings. The van der Waals surface area contributed by atoms with Crippen LogP contribution in [0.2, 0.25) is 0 Å². The molecule has 0 aliphatic heterocycles. The molecule has 152 valence electrons. The molecule has 3 rings (SSSR count). The number of nitrogens with zero attached hydrogens (tertiary/aromatic N) is 1. The lowest BCUT2D eigenvalue weighted by Crippen LogP contribution is -2.32. The summed E-state index contributed by atoms with van der Waals surface area (Å²) in [7, 11) is 0. The molecule has 3 aromatic rings. The summed E-state index contributed by atoms with van der Waals surface area (Å²) in [6.45, 7) is 0. The van der Waals surface area contributed by atoms with E-state index in [-0.39, 0.29) is 17.4 Å². The van der Waals surface area contributed by atoms with E-state index in [0.717, 1.165) is 10.4 Å². The van der Waals surface area contributed by atoms with Gasteiger partial charge in [0.2, 0.25) is 0 Å². The summed E-state index contributed by atoms with van der Waals surface area (Å²) >= 11 is 5.49. The topological polar surface area (TPSA) is 90.8 Å². The summed E-state index contributed by atoms with van der Waals surface area (Å²) in [6.07, 6.45) is 3.08. The highest BCUT2D eigenvalue weighted by molar-refractivity contribution is 14.1. The average Bonchev–Trinajstić information content (AvgIpc) is 3.25. The molecule has 3 N–H and O–H groups in total. The third-order valence-electron chi connectivity index (χ3n) is 3.78. The number of rotatable bonds is 6. The van der Waals surface area contributed by atoms with E-state index in [0.29, 0.717) is 12.7 Å². The maximum absolute atomic E-state index is 12.7. The smallest absolute Gasteiger partial charge is 0.287 e. The van der Waals surface area contributed by atoms with Crippen LogP contribution in [0, 0.1) is 7.14 Å². The minimum absolute atomic E-state index is 0.0818. The van der Waals surface area contributed by atoms with Gasteiger partial charge >= 0.3 is 0 Å². The molecule has 0 bridgehead atoms. The molecule has 1 heterocycles. The molecule has 0 atom stereocenters. The number of amides is 2. The molecule has 0 unspecified atom stereocenters. The first-order chi connectivity index (χ1) is 14.4. The van der Waals surface area contributed by atoms with E-state index in [1.54, 1.807) is 42.5 Å². The van der Waals surface area contributed by atoms with Crippen LogP contribution in [-0.4, -0.2) is 23.1 Å². The number of phenols is 1. The van der Waals surface area contributed by atoms with E-state index in [1.165, 1.54) is 17.6 Å². The highest BCUT2D eigenvalue weighted by Crippen LogP contribution is 2.26. The van der Waals surface area contributed by atoms with Gasteiger partial charge in [0.05, 0.1) is 13.4 Å². The van der Waals surface area contributed by atoms with Crippen molar-refractivity contribution in [1.29, 1.82) is 0 Å². The van der Waals surface area contributed by atoms with Gasteiger partial charge in [-0.2, -0.15) is 5.10 Å². The van der Waals surface area contributed by atoms with Crippen molar-refractivity contribution in [3.8, 4) is 5.75 Å². The fourth-order valence-corrected chi connectivity index (χ4v) is 4.82. The molecule has 0 spiro atoms. The number of phenolic OH excluding ortho intramolecular Hbond substituents is 1. The van der Waals surface area contributed by atoms with Crippen molar-refractivity contribution in [3.63, 3.8) is 0 Å². The number of hydrazone groups is 1. The molecule has 9 heteroatoms. The van der Waals surface area contributed by atoms with Crippen molar-refractivity contribution in [2.24, 2.45) is 5.10 Å². The van der Waals surface area contributed by atoms with Crippen LogP contribution in [0.25, 0.3) is 6.08 Å². The number of aromatic hydroxyl groups is 1. The molecular formula is C21H15I2N3O3S. The third-order valence-corrected chi connectivity index (χ3v) is 6.24. The van der Waals surface area contributed by atoms with Crippen LogP contribution >= 0.6 is 56.5 Å². The highest BCUT2D eigenvalue weighted by Gasteiger charge is 2.14. The fourth-order valence-electron chi connectivity index (χ4n) is 2.34. The second-order valence-corrected chi connectivity index (χ2v) is 9.23. The zero-order valence-electron chi connectivity index (χ0n) is 15.3. The summed E-state index contributed by atoms with van der Waals surface area (Å²) in [5, 5.41) is 18.4. The van der Waals surface area contributed by atoms with Gasteiger partial charge in [0.25, 0.3) is 11.8 Å². The largest absolute Gasteiger partial charge is 0.506 e. The standard InChI is InChI=1S/C21H15I2N3O3S/c22-16-9-13(10-17(23)19(16)27)12-24-26-21(29)18(11-15-7-4-8-30-15)25-20(28)14-5-2-1-3-6-14/h1-12,27H,(H,25,28)(H,26,29)/b18-11-,24-12+. The Balaban J connectivity index is 1.76. The molecule has 2 aromatic carbocycles. The molecule has 0 saturated carbocycles. The normalized spacial score (nSPS) is 11.5. The van der Waals surface area contributed by atoms with Crippen LogP contribution in [0.15, 0.2) is 70.8 Å². The van der Waals surface area contributed by atoms with Gasteiger partial charge in [0, 0.05) is 10.4 Å². The van der Waals surface area contributed by atoms with Crippen LogP contribution in [0.5, 0.6) is 5.75 Å². The number of thiophene rings is 1. The average molecular weight is 643 g/mol. The Morgan fingerprint density at radius 1 is 1.03 bits per heavy atom. The lowest BCUT2D eigenvalue weighted by atomic mass is 10.2. The van der Waals surface area contributed by atoms with Crippen molar-refractivity contribution in [3.05, 3.63) is 88.8 Å². The summed E-state index contributed by atoms with van der Waals surface area (Å²) in [4.78, 5) is 26.0. The van der Waals surface area contributed by atoms with Crippen molar-refractivity contribution >= 4 is 80.6 Å². The summed E-state index contributed by atoms with van der Waals surface area (Å²) in [5.74, 6) is -0.727. The monoisotopic (exact) mass is 643 g/mol. The molecule has 0 fully saturated rings. The van der Waals surface area contributed by atoms with E-state index >= 15 is 0 Å². The molecule has 1 aromatic heterocycles. The Hall–Kier alpha value is -2.25. The molecule has 0 saturated heterocycles. The van der Waals surface area contributed by atoms with E-state index < -0.39 is 5.91 Å². The van der Waals surface area contributed by atoms with Crippen molar-refractivity contribution < 1.29 is 14.7 Å². The number of hydrogen-bond acceptors (Lipinski definition) is 5. The summed E-state index contributed by atoms with van der Waals surface area (Å²) < 4.78 is 1.36. The molecule has 0 aliphatic carbocycles. The zero-order chi connectivity index (χ0) is 21.5. The van der Waals surface area contributed by atoms with E-state index in [2.05, 4.69) is 15.8 Å². The van der Waals surface area contributed by atoms with Gasteiger partial charge in [-0.05, 0) is 92.5 Å². The van der Waals surface area contributed by atoms with Crippen molar-refractivity contribution in [2.75, 3.05) is 0 Å². The number of hydrogen-bond donors (Lipinski definition) is 3. The van der Waals surface area contributed by atoms with Crippen LogP contribution in [0.1, 0.15) is 20.8 Å². The summed E-state index contributed by atoms with van der Waals surface area (Å²) in [5.41, 5.74) is 3.69.